The largest absolute Gasteiger partial charge is 0.507 e. The number of rotatable bonds is 4. The first-order valence-electron chi connectivity index (χ1n) is 5.50. The van der Waals surface area contributed by atoms with Gasteiger partial charge in [0, 0.05) is 12.6 Å². The fraction of sp³-hybridized carbons (Fsp3) is 0.500. The van der Waals surface area contributed by atoms with Crippen molar-refractivity contribution in [1.29, 1.82) is 0 Å². The van der Waals surface area contributed by atoms with Crippen LogP contribution in [-0.4, -0.2) is 34.9 Å². The Morgan fingerprint density at radius 2 is 1.72 bits per heavy atom. The number of hydrogen-bond acceptors (Lipinski definition) is 3. The highest BCUT2D eigenvalue weighted by Crippen LogP contribution is 2.35. The lowest BCUT2D eigenvalue weighted by atomic mass is 10.0. The average Bonchev–Trinajstić information content (AvgIpc) is 2.24. The minimum atomic E-state index is -4.21. The summed E-state index contributed by atoms with van der Waals surface area (Å²) in [6.45, 7) is 1.43. The zero-order chi connectivity index (χ0) is 13.9. The minimum Gasteiger partial charge on any atom is -0.507 e. The summed E-state index contributed by atoms with van der Waals surface area (Å²) >= 11 is 0. The third kappa shape index (κ3) is 3.80. The number of aromatic hydroxyl groups is 2. The molecule has 1 unspecified atom stereocenters. The molecule has 0 saturated heterocycles. The zero-order valence-corrected chi connectivity index (χ0v) is 10.2. The highest BCUT2D eigenvalue weighted by Gasteiger charge is 2.29. The van der Waals surface area contributed by atoms with Gasteiger partial charge >= 0.3 is 6.18 Å². The topological polar surface area (TPSA) is 43.7 Å². The molecule has 0 radical (unpaired) electrons. The first-order valence-corrected chi connectivity index (χ1v) is 5.50. The molecular formula is C12H16F3NO2. The summed E-state index contributed by atoms with van der Waals surface area (Å²) < 4.78 is 36.3. The molecular weight excluding hydrogens is 247 g/mol. The molecule has 1 atom stereocenters. The van der Waals surface area contributed by atoms with Crippen molar-refractivity contribution in [1.82, 2.24) is 4.90 Å². The second-order valence-electron chi connectivity index (χ2n) is 4.23. The van der Waals surface area contributed by atoms with Gasteiger partial charge in [0.05, 0.1) is 12.0 Å². The van der Waals surface area contributed by atoms with E-state index in [2.05, 4.69) is 0 Å². The number of nitrogens with zero attached hydrogens (tertiary/aromatic N) is 1. The molecule has 1 rings (SSSR count). The maximum Gasteiger partial charge on any atom is 0.390 e. The fourth-order valence-corrected chi connectivity index (χ4v) is 1.69. The second-order valence-corrected chi connectivity index (χ2v) is 4.23. The highest BCUT2D eigenvalue weighted by atomic mass is 19.4. The predicted octanol–water partition coefficient (Wildman–Crippen LogP) is 3.04. The average molecular weight is 263 g/mol. The molecule has 0 spiro atoms. The summed E-state index contributed by atoms with van der Waals surface area (Å²) in [6, 6.07) is 3.75. The lowest BCUT2D eigenvalue weighted by Gasteiger charge is -2.26. The molecule has 102 valence electrons. The Labute approximate surface area is 103 Å². The van der Waals surface area contributed by atoms with Crippen LogP contribution in [0.4, 0.5) is 13.2 Å². The number of phenols is 2. The molecule has 0 aliphatic rings. The molecule has 0 aromatic heterocycles. The van der Waals surface area contributed by atoms with E-state index < -0.39 is 18.6 Å². The molecule has 0 fully saturated rings. The van der Waals surface area contributed by atoms with Gasteiger partial charge in [-0.3, -0.25) is 4.90 Å². The van der Waals surface area contributed by atoms with Gasteiger partial charge in [-0.15, -0.1) is 0 Å². The van der Waals surface area contributed by atoms with Crippen LogP contribution in [0.3, 0.4) is 0 Å². The van der Waals surface area contributed by atoms with Gasteiger partial charge in [-0.25, -0.2) is 0 Å². The van der Waals surface area contributed by atoms with Crippen molar-refractivity contribution in [3.63, 3.8) is 0 Å². The quantitative estimate of drug-likeness (QED) is 0.877. The van der Waals surface area contributed by atoms with Crippen LogP contribution in [0.1, 0.15) is 24.9 Å². The second kappa shape index (κ2) is 5.48. The van der Waals surface area contributed by atoms with Gasteiger partial charge in [-0.05, 0) is 26.1 Å². The van der Waals surface area contributed by atoms with Crippen molar-refractivity contribution < 1.29 is 23.4 Å². The lowest BCUT2D eigenvalue weighted by Crippen LogP contribution is -2.27. The number of halogens is 3. The number of hydrogen-bond donors (Lipinski definition) is 2. The van der Waals surface area contributed by atoms with Gasteiger partial charge in [-0.2, -0.15) is 13.2 Å². The molecule has 18 heavy (non-hydrogen) atoms. The van der Waals surface area contributed by atoms with Crippen molar-refractivity contribution in [2.24, 2.45) is 0 Å². The Bertz CT molecular complexity index is 387. The SMILES string of the molecule is CC(c1c(O)cccc1O)N(C)CCC(F)(F)F. The van der Waals surface area contributed by atoms with E-state index in [1.807, 2.05) is 0 Å². The smallest absolute Gasteiger partial charge is 0.390 e. The molecule has 6 heteroatoms. The Hall–Kier alpha value is -1.43. The third-order valence-electron chi connectivity index (χ3n) is 2.89. The van der Waals surface area contributed by atoms with Crippen LogP contribution in [0, 0.1) is 0 Å². The van der Waals surface area contributed by atoms with Crippen molar-refractivity contribution in [3.05, 3.63) is 23.8 Å². The van der Waals surface area contributed by atoms with Crippen molar-refractivity contribution in [2.45, 2.75) is 25.6 Å². The Morgan fingerprint density at radius 3 is 2.17 bits per heavy atom. The lowest BCUT2D eigenvalue weighted by molar-refractivity contribution is -0.138. The molecule has 0 amide bonds. The summed E-state index contributed by atoms with van der Waals surface area (Å²) in [7, 11) is 1.52. The third-order valence-corrected chi connectivity index (χ3v) is 2.89. The normalized spacial score (nSPS) is 13.9. The van der Waals surface area contributed by atoms with E-state index in [1.165, 1.54) is 30.1 Å². The van der Waals surface area contributed by atoms with E-state index in [0.717, 1.165) is 0 Å². The van der Waals surface area contributed by atoms with Crippen LogP contribution in [0.15, 0.2) is 18.2 Å². The van der Waals surface area contributed by atoms with Gasteiger partial charge in [0.25, 0.3) is 0 Å². The molecule has 2 N–H and O–H groups in total. The van der Waals surface area contributed by atoms with E-state index in [0.29, 0.717) is 0 Å². The van der Waals surface area contributed by atoms with E-state index in [4.69, 9.17) is 0 Å². The first kappa shape index (κ1) is 14.6. The van der Waals surface area contributed by atoms with Crippen LogP contribution in [-0.2, 0) is 0 Å². The standard InChI is InChI=1S/C12H16F3NO2/c1-8(16(2)7-6-12(13,14)15)11-9(17)4-3-5-10(11)18/h3-5,8,17-18H,6-7H2,1-2H3. The van der Waals surface area contributed by atoms with Crippen LogP contribution < -0.4 is 0 Å². The Balaban J connectivity index is 2.77. The summed E-state index contributed by atoms with van der Waals surface area (Å²) in [5.41, 5.74) is 0.238. The first-order chi connectivity index (χ1) is 8.22. The molecule has 0 aliphatic heterocycles. The van der Waals surface area contributed by atoms with E-state index >= 15 is 0 Å². The fourth-order valence-electron chi connectivity index (χ4n) is 1.69. The maximum absolute atomic E-state index is 12.1. The molecule has 0 aliphatic carbocycles. The van der Waals surface area contributed by atoms with Gasteiger partial charge in [-0.1, -0.05) is 6.07 Å². The molecule has 0 heterocycles. The molecule has 1 aromatic carbocycles. The summed E-state index contributed by atoms with van der Waals surface area (Å²) in [5, 5.41) is 19.3. The maximum atomic E-state index is 12.1. The number of alkyl halides is 3. The zero-order valence-electron chi connectivity index (χ0n) is 10.2. The van der Waals surface area contributed by atoms with E-state index in [-0.39, 0.29) is 23.6 Å². The molecule has 3 nitrogen and oxygen atoms in total. The van der Waals surface area contributed by atoms with Crippen LogP contribution in [0.5, 0.6) is 11.5 Å². The summed E-state index contributed by atoms with van der Waals surface area (Å²) in [6.07, 6.45) is -5.14. The number of benzene rings is 1. The monoisotopic (exact) mass is 263 g/mol. The van der Waals surface area contributed by atoms with Crippen LogP contribution >= 0.6 is 0 Å². The molecule has 0 bridgehead atoms. The predicted molar refractivity (Wildman–Crippen MR) is 61.5 cm³/mol. The van der Waals surface area contributed by atoms with Crippen molar-refractivity contribution in [2.75, 3.05) is 13.6 Å². The van der Waals surface area contributed by atoms with Crippen LogP contribution in [0.2, 0.25) is 0 Å². The van der Waals surface area contributed by atoms with Crippen LogP contribution in [0.25, 0.3) is 0 Å². The summed E-state index contributed by atoms with van der Waals surface area (Å²) in [5.74, 6) is -0.247. The van der Waals surface area contributed by atoms with Gasteiger partial charge in [0.15, 0.2) is 0 Å². The van der Waals surface area contributed by atoms with Gasteiger partial charge < -0.3 is 10.2 Å². The Morgan fingerprint density at radius 1 is 1.22 bits per heavy atom. The van der Waals surface area contributed by atoms with E-state index in [1.54, 1.807) is 6.92 Å². The highest BCUT2D eigenvalue weighted by molar-refractivity contribution is 5.44. The van der Waals surface area contributed by atoms with Crippen molar-refractivity contribution in [3.8, 4) is 11.5 Å². The van der Waals surface area contributed by atoms with Crippen molar-refractivity contribution >= 4 is 0 Å². The molecule has 1 aromatic rings. The minimum absolute atomic E-state index is 0.124. The Kier molecular flexibility index (Phi) is 4.45. The number of phenolic OH excluding ortho intramolecular Hbond substituents is 2. The molecule has 0 saturated carbocycles. The van der Waals surface area contributed by atoms with E-state index in [9.17, 15) is 23.4 Å². The van der Waals surface area contributed by atoms with Gasteiger partial charge in [0.2, 0.25) is 0 Å². The van der Waals surface area contributed by atoms with Gasteiger partial charge in [0.1, 0.15) is 11.5 Å². The summed E-state index contributed by atoms with van der Waals surface area (Å²) in [4.78, 5) is 1.43.